The van der Waals surface area contributed by atoms with Gasteiger partial charge >= 0.3 is 6.61 Å². The molecular weight excluding hydrogens is 296 g/mol. The summed E-state index contributed by atoms with van der Waals surface area (Å²) < 4.78 is 27.5. The Morgan fingerprint density at radius 1 is 0.826 bits per heavy atom. The van der Waals surface area contributed by atoms with Gasteiger partial charge in [-0.15, -0.1) is 0 Å². The third kappa shape index (κ3) is 7.13. The molecule has 2 nitrogen and oxygen atoms in total. The number of hydrogen-bond donors (Lipinski definition) is 0. The summed E-state index contributed by atoms with van der Waals surface area (Å²) in [5.74, 6) is 0.210. The fourth-order valence-electron chi connectivity index (χ4n) is 1.94. The van der Waals surface area contributed by atoms with Gasteiger partial charge in [0.1, 0.15) is 5.75 Å². The molecule has 0 aliphatic carbocycles. The predicted octanol–water partition coefficient (Wildman–Crippen LogP) is 5.17. The minimum atomic E-state index is -2.74. The third-order valence-electron chi connectivity index (χ3n) is 3.42. The topological polar surface area (TPSA) is 12.5 Å². The summed E-state index contributed by atoms with van der Waals surface area (Å²) in [7, 11) is 4.11. The molecule has 23 heavy (non-hydrogen) atoms. The molecule has 0 saturated carbocycles. The van der Waals surface area contributed by atoms with Crippen LogP contribution < -0.4 is 9.64 Å². The molecule has 0 fully saturated rings. The first-order valence-electron chi connectivity index (χ1n) is 7.76. The number of aryl methyl sites for hydroxylation is 2. The molecule has 0 aromatic heterocycles. The Morgan fingerprint density at radius 2 is 1.26 bits per heavy atom. The zero-order chi connectivity index (χ0) is 17.2. The van der Waals surface area contributed by atoms with Crippen LogP contribution in [-0.4, -0.2) is 20.7 Å². The second-order valence-electron chi connectivity index (χ2n) is 5.29. The summed E-state index contributed by atoms with van der Waals surface area (Å²) in [6.07, 6.45) is 2.02. The Balaban J connectivity index is 0.000000231. The Hall–Kier alpha value is -2.10. The molecule has 2 rings (SSSR count). The van der Waals surface area contributed by atoms with Crippen LogP contribution in [0.3, 0.4) is 0 Å². The number of rotatable bonds is 5. The van der Waals surface area contributed by atoms with E-state index in [1.807, 2.05) is 6.92 Å². The van der Waals surface area contributed by atoms with Gasteiger partial charge in [-0.2, -0.15) is 8.78 Å². The summed E-state index contributed by atoms with van der Waals surface area (Å²) in [6.45, 7) is 1.44. The van der Waals surface area contributed by atoms with Crippen LogP contribution in [0.1, 0.15) is 25.0 Å². The summed E-state index contributed by atoms with van der Waals surface area (Å²) in [4.78, 5) is 2.11. The van der Waals surface area contributed by atoms with Crippen LogP contribution in [0, 0.1) is 0 Å². The summed E-state index contributed by atoms with van der Waals surface area (Å²) >= 11 is 0. The van der Waals surface area contributed by atoms with Gasteiger partial charge in [0.15, 0.2) is 0 Å². The maximum Gasteiger partial charge on any atom is 0.387 e. The first-order chi connectivity index (χ1) is 11.0. The number of ether oxygens (including phenoxy) is 1. The Morgan fingerprint density at radius 3 is 1.61 bits per heavy atom. The highest BCUT2D eigenvalue weighted by Crippen LogP contribution is 2.15. The predicted molar refractivity (Wildman–Crippen MR) is 92.6 cm³/mol. The largest absolute Gasteiger partial charge is 0.435 e. The first-order valence-corrected chi connectivity index (χ1v) is 7.76. The lowest BCUT2D eigenvalue weighted by Crippen LogP contribution is -2.08. The fourth-order valence-corrected chi connectivity index (χ4v) is 1.94. The number of hydrogen-bond acceptors (Lipinski definition) is 2. The van der Waals surface area contributed by atoms with Crippen LogP contribution in [0.25, 0.3) is 0 Å². The molecule has 0 atom stereocenters. The number of alkyl halides is 2. The Bertz CT molecular complexity index is 551. The second kappa shape index (κ2) is 9.82. The van der Waals surface area contributed by atoms with Crippen molar-refractivity contribution < 1.29 is 13.5 Å². The van der Waals surface area contributed by atoms with Crippen molar-refractivity contribution in [2.45, 2.75) is 33.3 Å². The summed E-state index contributed by atoms with van der Waals surface area (Å²) in [5.41, 5.74) is 3.77. The molecule has 0 amide bonds. The molecule has 4 heteroatoms. The van der Waals surface area contributed by atoms with E-state index in [4.69, 9.17) is 0 Å². The second-order valence-corrected chi connectivity index (χ2v) is 5.29. The van der Waals surface area contributed by atoms with E-state index < -0.39 is 6.61 Å². The van der Waals surface area contributed by atoms with Crippen LogP contribution in [0.5, 0.6) is 5.75 Å². The van der Waals surface area contributed by atoms with Crippen molar-refractivity contribution in [1.29, 1.82) is 0 Å². The van der Waals surface area contributed by atoms with Crippen molar-refractivity contribution in [3.8, 4) is 5.75 Å². The lowest BCUT2D eigenvalue weighted by Gasteiger charge is -2.11. The number of anilines is 1. The highest BCUT2D eigenvalue weighted by atomic mass is 19.3. The zero-order valence-electron chi connectivity index (χ0n) is 14.2. The average Bonchev–Trinajstić information content (AvgIpc) is 2.55. The van der Waals surface area contributed by atoms with Gasteiger partial charge in [0.05, 0.1) is 0 Å². The van der Waals surface area contributed by atoms with E-state index in [1.54, 1.807) is 24.3 Å². The van der Waals surface area contributed by atoms with Crippen molar-refractivity contribution in [2.24, 2.45) is 0 Å². The standard InChI is InChI=1S/C10H15N.C9H10F2O/c1-4-9-5-7-10(8-6-9)11(2)3;1-2-7-3-5-8(6-4-7)12-9(10)11/h5-8H,4H2,1-3H3;3-6,9H,2H2,1H3. The molecule has 126 valence electrons. The van der Waals surface area contributed by atoms with Crippen molar-refractivity contribution in [1.82, 2.24) is 0 Å². The quantitative estimate of drug-likeness (QED) is 0.753. The zero-order valence-corrected chi connectivity index (χ0v) is 14.2. The van der Waals surface area contributed by atoms with Crippen LogP contribution in [0.2, 0.25) is 0 Å². The lowest BCUT2D eigenvalue weighted by atomic mass is 10.1. The van der Waals surface area contributed by atoms with E-state index in [-0.39, 0.29) is 5.75 Å². The maximum atomic E-state index is 11.7. The van der Waals surface area contributed by atoms with Gasteiger partial charge in [-0.1, -0.05) is 38.1 Å². The molecule has 0 unspecified atom stereocenters. The van der Waals surface area contributed by atoms with Crippen molar-refractivity contribution in [2.75, 3.05) is 19.0 Å². The molecule has 0 N–H and O–H groups in total. The van der Waals surface area contributed by atoms with E-state index in [0.717, 1.165) is 18.4 Å². The van der Waals surface area contributed by atoms with E-state index >= 15 is 0 Å². The molecule has 0 bridgehead atoms. The van der Waals surface area contributed by atoms with Gasteiger partial charge in [0.25, 0.3) is 0 Å². The van der Waals surface area contributed by atoms with Crippen LogP contribution in [-0.2, 0) is 12.8 Å². The molecule has 0 spiro atoms. The van der Waals surface area contributed by atoms with E-state index in [1.165, 1.54) is 11.3 Å². The van der Waals surface area contributed by atoms with Crippen molar-refractivity contribution in [3.63, 3.8) is 0 Å². The molecule has 0 saturated heterocycles. The Kier molecular flexibility index (Phi) is 8.09. The van der Waals surface area contributed by atoms with Gasteiger partial charge in [-0.05, 0) is 48.2 Å². The average molecular weight is 321 g/mol. The van der Waals surface area contributed by atoms with Gasteiger partial charge in [0, 0.05) is 19.8 Å². The first kappa shape index (κ1) is 18.9. The van der Waals surface area contributed by atoms with E-state index in [2.05, 4.69) is 54.9 Å². The molecular formula is C19H25F2NO. The Labute approximate surface area is 137 Å². The normalized spacial score (nSPS) is 10.0. The molecule has 0 radical (unpaired) electrons. The van der Waals surface area contributed by atoms with Gasteiger partial charge in [0.2, 0.25) is 0 Å². The van der Waals surface area contributed by atoms with Crippen LogP contribution in [0.4, 0.5) is 14.5 Å². The van der Waals surface area contributed by atoms with Gasteiger partial charge < -0.3 is 9.64 Å². The SMILES string of the molecule is CCc1ccc(N(C)C)cc1.CCc1ccc(OC(F)F)cc1. The van der Waals surface area contributed by atoms with Crippen molar-refractivity contribution in [3.05, 3.63) is 59.7 Å². The van der Waals surface area contributed by atoms with E-state index in [0.29, 0.717) is 0 Å². The molecule has 0 heterocycles. The summed E-state index contributed by atoms with van der Waals surface area (Å²) in [5, 5.41) is 0. The monoisotopic (exact) mass is 321 g/mol. The fraction of sp³-hybridized carbons (Fsp3) is 0.368. The van der Waals surface area contributed by atoms with Crippen LogP contribution in [0.15, 0.2) is 48.5 Å². The van der Waals surface area contributed by atoms with Gasteiger partial charge in [-0.25, -0.2) is 0 Å². The minimum absolute atomic E-state index is 0.210. The number of benzene rings is 2. The molecule has 2 aromatic rings. The van der Waals surface area contributed by atoms with Crippen molar-refractivity contribution >= 4 is 5.69 Å². The maximum absolute atomic E-state index is 11.7. The summed E-state index contributed by atoms with van der Waals surface area (Å²) in [6, 6.07) is 15.3. The number of nitrogens with zero attached hydrogens (tertiary/aromatic N) is 1. The lowest BCUT2D eigenvalue weighted by molar-refractivity contribution is -0.0498. The minimum Gasteiger partial charge on any atom is -0.435 e. The highest BCUT2D eigenvalue weighted by molar-refractivity contribution is 5.45. The van der Waals surface area contributed by atoms with E-state index in [9.17, 15) is 8.78 Å². The number of halogens is 2. The molecule has 0 aliphatic heterocycles. The smallest absolute Gasteiger partial charge is 0.387 e. The molecule has 0 aliphatic rings. The molecule has 2 aromatic carbocycles. The van der Waals surface area contributed by atoms with Gasteiger partial charge in [-0.3, -0.25) is 0 Å². The van der Waals surface area contributed by atoms with Crippen LogP contribution >= 0.6 is 0 Å². The third-order valence-corrected chi connectivity index (χ3v) is 3.42. The highest BCUT2D eigenvalue weighted by Gasteiger charge is 2.02.